The molecular weight excluding hydrogens is 306 g/mol. The van der Waals surface area contributed by atoms with E-state index in [1.54, 1.807) is 0 Å². The Morgan fingerprint density at radius 2 is 2.00 bits per heavy atom. The van der Waals surface area contributed by atoms with Gasteiger partial charge in [-0.15, -0.1) is 0 Å². The molecule has 1 saturated carbocycles. The molecule has 0 spiro atoms. The maximum atomic E-state index is 12.5. The lowest BCUT2D eigenvalue weighted by Crippen LogP contribution is -2.47. The number of aryl methyl sites for hydroxylation is 2. The summed E-state index contributed by atoms with van der Waals surface area (Å²) in [5, 5.41) is 19.5. The van der Waals surface area contributed by atoms with E-state index in [0.717, 1.165) is 36.3 Å². The lowest BCUT2D eigenvalue weighted by Gasteiger charge is -2.31. The van der Waals surface area contributed by atoms with Crippen LogP contribution in [0.1, 0.15) is 74.9 Å². The van der Waals surface area contributed by atoms with Crippen molar-refractivity contribution in [2.75, 3.05) is 6.61 Å². The van der Waals surface area contributed by atoms with Gasteiger partial charge in [-0.2, -0.15) is 0 Å². The zero-order valence-corrected chi connectivity index (χ0v) is 15.1. The Balaban J connectivity index is 1.98. The molecular formula is C18H31N3O3. The number of amides is 2. The minimum atomic E-state index is -0.175. The van der Waals surface area contributed by atoms with Crippen LogP contribution in [0.5, 0.6) is 0 Å². The summed E-state index contributed by atoms with van der Waals surface area (Å²) in [7, 11) is 0. The lowest BCUT2D eigenvalue weighted by molar-refractivity contribution is 0.194. The Hall–Kier alpha value is -1.56. The molecule has 0 aromatic carbocycles. The fraction of sp³-hybridized carbons (Fsp3) is 0.778. The van der Waals surface area contributed by atoms with Crippen LogP contribution in [0, 0.1) is 19.8 Å². The third kappa shape index (κ3) is 4.72. The van der Waals surface area contributed by atoms with Crippen LogP contribution in [0.2, 0.25) is 0 Å². The van der Waals surface area contributed by atoms with Crippen LogP contribution in [-0.4, -0.2) is 28.9 Å². The van der Waals surface area contributed by atoms with Crippen molar-refractivity contribution in [3.05, 3.63) is 17.0 Å². The van der Waals surface area contributed by atoms with Crippen molar-refractivity contribution in [2.45, 2.75) is 77.8 Å². The van der Waals surface area contributed by atoms with Gasteiger partial charge in [0, 0.05) is 18.2 Å². The van der Waals surface area contributed by atoms with Gasteiger partial charge in [0.05, 0.1) is 11.7 Å². The van der Waals surface area contributed by atoms with Crippen molar-refractivity contribution in [3.63, 3.8) is 0 Å². The molecule has 2 unspecified atom stereocenters. The zero-order chi connectivity index (χ0) is 17.5. The summed E-state index contributed by atoms with van der Waals surface area (Å²) in [5.74, 6) is 1.22. The maximum absolute atomic E-state index is 12.5. The van der Waals surface area contributed by atoms with E-state index in [1.165, 1.54) is 19.3 Å². The number of hydrogen-bond acceptors (Lipinski definition) is 4. The minimum Gasteiger partial charge on any atom is -0.396 e. The number of aliphatic hydroxyl groups is 1. The van der Waals surface area contributed by atoms with Gasteiger partial charge in [0.2, 0.25) is 0 Å². The first-order chi connectivity index (χ1) is 11.6. The molecule has 0 aliphatic heterocycles. The van der Waals surface area contributed by atoms with E-state index in [0.29, 0.717) is 12.3 Å². The quantitative estimate of drug-likeness (QED) is 0.712. The normalized spacial score (nSPS) is 18.2. The molecule has 3 N–H and O–H groups in total. The maximum Gasteiger partial charge on any atom is 0.315 e. The highest BCUT2D eigenvalue weighted by Crippen LogP contribution is 2.28. The predicted molar refractivity (Wildman–Crippen MR) is 92.7 cm³/mol. The largest absolute Gasteiger partial charge is 0.396 e. The highest BCUT2D eigenvalue weighted by Gasteiger charge is 2.26. The number of rotatable bonds is 7. The Bertz CT molecular complexity index is 504. The smallest absolute Gasteiger partial charge is 0.315 e. The summed E-state index contributed by atoms with van der Waals surface area (Å²) in [4.78, 5) is 12.5. The molecule has 6 heteroatoms. The fourth-order valence-corrected chi connectivity index (χ4v) is 3.84. The molecule has 1 aromatic heterocycles. The molecule has 1 fully saturated rings. The summed E-state index contributed by atoms with van der Waals surface area (Å²) >= 11 is 0. The van der Waals surface area contributed by atoms with Crippen LogP contribution < -0.4 is 10.6 Å². The van der Waals surface area contributed by atoms with Gasteiger partial charge in [0.15, 0.2) is 0 Å². The monoisotopic (exact) mass is 337 g/mol. The third-order valence-corrected chi connectivity index (χ3v) is 5.13. The number of aromatic nitrogens is 1. The van der Waals surface area contributed by atoms with E-state index in [9.17, 15) is 9.90 Å². The van der Waals surface area contributed by atoms with Crippen LogP contribution >= 0.6 is 0 Å². The Labute approximate surface area is 144 Å². The van der Waals surface area contributed by atoms with Crippen molar-refractivity contribution >= 4 is 6.03 Å². The van der Waals surface area contributed by atoms with Crippen LogP contribution in [0.25, 0.3) is 0 Å². The number of urea groups is 1. The van der Waals surface area contributed by atoms with E-state index in [2.05, 4.69) is 15.8 Å². The second-order valence-electron chi connectivity index (χ2n) is 6.83. The number of hydrogen-bond donors (Lipinski definition) is 3. The number of aliphatic hydroxyl groups excluding tert-OH is 1. The van der Waals surface area contributed by atoms with Crippen LogP contribution in [0.15, 0.2) is 4.52 Å². The van der Waals surface area contributed by atoms with Gasteiger partial charge in [-0.1, -0.05) is 31.3 Å². The van der Waals surface area contributed by atoms with Gasteiger partial charge in [-0.3, -0.25) is 0 Å². The molecule has 24 heavy (non-hydrogen) atoms. The van der Waals surface area contributed by atoms with Gasteiger partial charge in [0.1, 0.15) is 5.76 Å². The highest BCUT2D eigenvalue weighted by molar-refractivity contribution is 5.75. The van der Waals surface area contributed by atoms with E-state index >= 15 is 0 Å². The number of nitrogens with zero attached hydrogens (tertiary/aromatic N) is 1. The fourth-order valence-electron chi connectivity index (χ4n) is 3.84. The summed E-state index contributed by atoms with van der Waals surface area (Å²) in [5.41, 5.74) is 1.78. The summed E-state index contributed by atoms with van der Waals surface area (Å²) in [6, 6.07) is -0.249. The topological polar surface area (TPSA) is 87.4 Å². The molecule has 2 atom stereocenters. The SMILES string of the molecule is CCC(NC(=O)NC(CCO)C1CCCCC1)c1c(C)noc1C. The van der Waals surface area contributed by atoms with E-state index in [4.69, 9.17) is 4.52 Å². The molecule has 0 radical (unpaired) electrons. The van der Waals surface area contributed by atoms with Crippen molar-refractivity contribution in [3.8, 4) is 0 Å². The first-order valence-corrected chi connectivity index (χ1v) is 9.17. The standard InChI is InChI=1S/C18H31N3O3/c1-4-15(17-12(2)21-24-13(17)3)19-18(23)20-16(10-11-22)14-8-6-5-7-9-14/h14-16,22H,4-11H2,1-3H3,(H2,19,20,23). The molecule has 6 nitrogen and oxygen atoms in total. The van der Waals surface area contributed by atoms with Gasteiger partial charge in [-0.25, -0.2) is 4.79 Å². The van der Waals surface area contributed by atoms with Crippen LogP contribution in [0.4, 0.5) is 4.79 Å². The van der Waals surface area contributed by atoms with Gasteiger partial charge in [-0.05, 0) is 45.4 Å². The van der Waals surface area contributed by atoms with Crippen LogP contribution in [-0.2, 0) is 0 Å². The summed E-state index contributed by atoms with van der Waals surface area (Å²) in [6.45, 7) is 5.89. The molecule has 1 aromatic rings. The van der Waals surface area contributed by atoms with Crippen LogP contribution in [0.3, 0.4) is 0 Å². The number of carbonyl (C=O) groups is 1. The molecule has 1 aliphatic carbocycles. The molecule has 136 valence electrons. The number of nitrogens with one attached hydrogen (secondary N) is 2. The first-order valence-electron chi connectivity index (χ1n) is 9.17. The first kappa shape index (κ1) is 18.8. The number of carbonyl (C=O) groups excluding carboxylic acids is 1. The molecule has 2 rings (SSSR count). The predicted octanol–water partition coefficient (Wildman–Crippen LogP) is 3.37. The average molecular weight is 337 g/mol. The van der Waals surface area contributed by atoms with Gasteiger partial charge >= 0.3 is 6.03 Å². The second kappa shape index (κ2) is 9.06. The van der Waals surface area contributed by atoms with Crippen molar-refractivity contribution < 1.29 is 14.4 Å². The van der Waals surface area contributed by atoms with Gasteiger partial charge in [0.25, 0.3) is 0 Å². The lowest BCUT2D eigenvalue weighted by atomic mass is 9.83. The molecule has 1 aliphatic rings. The second-order valence-corrected chi connectivity index (χ2v) is 6.83. The highest BCUT2D eigenvalue weighted by atomic mass is 16.5. The van der Waals surface area contributed by atoms with Crippen molar-refractivity contribution in [2.24, 2.45) is 5.92 Å². The molecule has 2 amide bonds. The minimum absolute atomic E-state index is 0.0393. The summed E-state index contributed by atoms with van der Waals surface area (Å²) in [6.07, 6.45) is 7.35. The molecule has 0 saturated heterocycles. The van der Waals surface area contributed by atoms with Gasteiger partial charge < -0.3 is 20.3 Å². The zero-order valence-electron chi connectivity index (χ0n) is 15.1. The Morgan fingerprint density at radius 3 is 2.54 bits per heavy atom. The van der Waals surface area contributed by atoms with E-state index < -0.39 is 0 Å². The Kier molecular flexibility index (Phi) is 7.09. The van der Waals surface area contributed by atoms with Crippen molar-refractivity contribution in [1.29, 1.82) is 0 Å². The molecule has 0 bridgehead atoms. The van der Waals surface area contributed by atoms with Crippen molar-refractivity contribution in [1.82, 2.24) is 15.8 Å². The van der Waals surface area contributed by atoms with E-state index in [1.807, 2.05) is 20.8 Å². The Morgan fingerprint density at radius 1 is 1.29 bits per heavy atom. The summed E-state index contributed by atoms with van der Waals surface area (Å²) < 4.78 is 5.22. The average Bonchev–Trinajstić information content (AvgIpc) is 2.92. The van der Waals surface area contributed by atoms with E-state index in [-0.39, 0.29) is 24.7 Å². The third-order valence-electron chi connectivity index (χ3n) is 5.13. The molecule has 1 heterocycles.